The van der Waals surface area contributed by atoms with Crippen molar-refractivity contribution in [1.29, 1.82) is 0 Å². The zero-order valence-electron chi connectivity index (χ0n) is 17.4. The highest BCUT2D eigenvalue weighted by Gasteiger charge is 2.51. The lowest BCUT2D eigenvalue weighted by Crippen LogP contribution is -2.55. The van der Waals surface area contributed by atoms with E-state index in [0.29, 0.717) is 6.92 Å². The number of nitrogen functional groups attached to an aromatic ring is 1. The third-order valence-electron chi connectivity index (χ3n) is 5.10. The molecule has 14 heteroatoms. The topological polar surface area (TPSA) is 146 Å². The lowest BCUT2D eigenvalue weighted by atomic mass is 9.99. The minimum absolute atomic E-state index is 0.000151. The predicted molar refractivity (Wildman–Crippen MR) is 111 cm³/mol. The number of anilines is 2. The maximum Gasteiger partial charge on any atom is 0.421 e. The molecule has 3 heterocycles. The van der Waals surface area contributed by atoms with Crippen LogP contribution < -0.4 is 10.6 Å². The number of alkyl halides is 3. The molecule has 1 aliphatic heterocycles. The molecule has 0 aromatic carbocycles. The first-order valence-electron chi connectivity index (χ1n) is 9.57. The summed E-state index contributed by atoms with van der Waals surface area (Å²) in [7, 11) is -3.93. The smallest absolute Gasteiger partial charge is 0.384 e. The zero-order chi connectivity index (χ0) is 24.4. The normalized spacial score (nSPS) is 19.5. The Balaban J connectivity index is 1.87. The van der Waals surface area contributed by atoms with Crippen LogP contribution in [-0.2, 0) is 15.6 Å². The Morgan fingerprint density at radius 3 is 2.39 bits per heavy atom. The Morgan fingerprint density at radius 1 is 1.18 bits per heavy atom. The van der Waals surface area contributed by atoms with E-state index in [4.69, 9.17) is 10.8 Å². The van der Waals surface area contributed by atoms with Crippen LogP contribution in [0.3, 0.4) is 0 Å². The van der Waals surface area contributed by atoms with Crippen LogP contribution in [0.25, 0.3) is 0 Å². The average molecular weight is 486 g/mol. The Labute approximate surface area is 187 Å². The molecule has 0 radical (unpaired) electrons. The van der Waals surface area contributed by atoms with Gasteiger partial charge in [-0.3, -0.25) is 0 Å². The Bertz CT molecular complexity index is 1150. The number of pyridine rings is 1. The number of aliphatic hydroxyl groups is 2. The molecule has 0 aliphatic carbocycles. The van der Waals surface area contributed by atoms with Crippen molar-refractivity contribution < 1.29 is 31.8 Å². The summed E-state index contributed by atoms with van der Waals surface area (Å²) < 4.78 is 66.3. The second kappa shape index (κ2) is 9.10. The van der Waals surface area contributed by atoms with Gasteiger partial charge in [-0.2, -0.15) is 17.5 Å². The molecule has 10 nitrogen and oxygen atoms in total. The van der Waals surface area contributed by atoms with Crippen LogP contribution in [0, 0.1) is 11.8 Å². The van der Waals surface area contributed by atoms with E-state index in [2.05, 4.69) is 26.8 Å². The van der Waals surface area contributed by atoms with Gasteiger partial charge in [0.2, 0.25) is 16.0 Å². The molecule has 4 N–H and O–H groups in total. The van der Waals surface area contributed by atoms with Crippen LogP contribution in [0.5, 0.6) is 0 Å². The molecule has 0 amide bonds. The summed E-state index contributed by atoms with van der Waals surface area (Å²) in [5.74, 6) is 5.35. The molecule has 1 unspecified atom stereocenters. The Morgan fingerprint density at radius 2 is 1.85 bits per heavy atom. The van der Waals surface area contributed by atoms with Crippen molar-refractivity contribution >= 4 is 21.8 Å². The first kappa shape index (κ1) is 24.6. The number of aliphatic hydroxyl groups excluding tert-OH is 1. The lowest BCUT2D eigenvalue weighted by molar-refractivity contribution is -0.259. The SMILES string of the molecule is CC(O)(c1cnc(N2CCN(S(=O)(=O)c3ccc(N)nc3)C[C@@H]2C#CCO)nc1)C(F)(F)F. The first-order chi connectivity index (χ1) is 15.4. The highest BCUT2D eigenvalue weighted by Crippen LogP contribution is 2.38. The van der Waals surface area contributed by atoms with Crippen molar-refractivity contribution in [1.82, 2.24) is 19.3 Å². The van der Waals surface area contributed by atoms with Crippen molar-refractivity contribution in [2.45, 2.75) is 29.6 Å². The molecule has 1 aliphatic rings. The van der Waals surface area contributed by atoms with Gasteiger partial charge in [-0.1, -0.05) is 11.8 Å². The fourth-order valence-electron chi connectivity index (χ4n) is 3.08. The number of aromatic nitrogens is 3. The average Bonchev–Trinajstić information content (AvgIpc) is 2.77. The number of hydrogen-bond acceptors (Lipinski definition) is 9. The lowest BCUT2D eigenvalue weighted by Gasteiger charge is -2.38. The van der Waals surface area contributed by atoms with Crippen LogP contribution in [0.4, 0.5) is 24.9 Å². The quantitative estimate of drug-likeness (QED) is 0.512. The minimum Gasteiger partial charge on any atom is -0.384 e. The molecule has 178 valence electrons. The number of rotatable bonds is 4. The van der Waals surface area contributed by atoms with Gasteiger partial charge in [-0.15, -0.1) is 0 Å². The van der Waals surface area contributed by atoms with Crippen molar-refractivity contribution in [2.75, 3.05) is 36.9 Å². The first-order valence-corrected chi connectivity index (χ1v) is 11.0. The van der Waals surface area contributed by atoms with Gasteiger partial charge in [0.15, 0.2) is 5.60 Å². The van der Waals surface area contributed by atoms with E-state index in [1.807, 2.05) is 0 Å². The van der Waals surface area contributed by atoms with Crippen LogP contribution >= 0.6 is 0 Å². The summed E-state index contributed by atoms with van der Waals surface area (Å²) in [5, 5.41) is 18.9. The van der Waals surface area contributed by atoms with Crippen LogP contribution in [0.1, 0.15) is 12.5 Å². The zero-order valence-corrected chi connectivity index (χ0v) is 18.2. The molecule has 1 saturated heterocycles. The number of nitrogens with zero attached hydrogens (tertiary/aromatic N) is 5. The van der Waals surface area contributed by atoms with E-state index in [1.54, 1.807) is 0 Å². The summed E-state index contributed by atoms with van der Waals surface area (Å²) in [6, 6.07) is 1.89. The van der Waals surface area contributed by atoms with E-state index in [9.17, 15) is 26.7 Å². The van der Waals surface area contributed by atoms with E-state index < -0.39 is 40.0 Å². The molecule has 1 fully saturated rings. The van der Waals surface area contributed by atoms with Gasteiger partial charge in [0.05, 0.1) is 0 Å². The fourth-order valence-corrected chi connectivity index (χ4v) is 4.46. The fraction of sp³-hybridized carbons (Fsp3) is 0.421. The van der Waals surface area contributed by atoms with Crippen LogP contribution in [-0.4, -0.2) is 76.3 Å². The molecular weight excluding hydrogens is 465 g/mol. The van der Waals surface area contributed by atoms with Gasteiger partial charge in [-0.05, 0) is 19.1 Å². The maximum absolute atomic E-state index is 13.1. The van der Waals surface area contributed by atoms with Crippen molar-refractivity contribution in [2.24, 2.45) is 0 Å². The molecule has 2 aromatic heterocycles. The summed E-state index contributed by atoms with van der Waals surface area (Å²) in [6.07, 6.45) is -2.07. The second-order valence-electron chi connectivity index (χ2n) is 7.31. The maximum atomic E-state index is 13.1. The summed E-state index contributed by atoms with van der Waals surface area (Å²) >= 11 is 0. The van der Waals surface area contributed by atoms with Crippen LogP contribution in [0.2, 0.25) is 0 Å². The van der Waals surface area contributed by atoms with Gasteiger partial charge in [0.25, 0.3) is 0 Å². The molecule has 0 saturated carbocycles. The monoisotopic (exact) mass is 486 g/mol. The standard InChI is InChI=1S/C19H21F3N6O4S/c1-18(30,19(20,21)22)13-9-25-17(26-10-13)28-7-6-27(12-14(28)3-2-8-29)33(31,32)15-4-5-16(23)24-11-15/h4-5,9-11,14,29-30H,6-8,12H2,1H3,(H2,23,24)/t14-,18?/m0/s1. The Hall–Kier alpha value is -2.99. The van der Waals surface area contributed by atoms with E-state index in [0.717, 1.165) is 18.6 Å². The van der Waals surface area contributed by atoms with Gasteiger partial charge in [0, 0.05) is 43.8 Å². The molecule has 0 spiro atoms. The molecule has 2 atom stereocenters. The minimum atomic E-state index is -4.93. The van der Waals surface area contributed by atoms with Crippen molar-refractivity contribution in [3.8, 4) is 11.8 Å². The third kappa shape index (κ3) is 5.01. The van der Waals surface area contributed by atoms with E-state index >= 15 is 0 Å². The molecular formula is C19H21F3N6O4S. The molecule has 3 rings (SSSR count). The number of piperazine rings is 1. The number of halogens is 3. The van der Waals surface area contributed by atoms with Gasteiger partial charge >= 0.3 is 6.18 Å². The summed E-state index contributed by atoms with van der Waals surface area (Å²) in [6.45, 7) is 0.0751. The van der Waals surface area contributed by atoms with Crippen molar-refractivity contribution in [3.05, 3.63) is 36.3 Å². The molecule has 2 aromatic rings. The molecule has 0 bridgehead atoms. The van der Waals surface area contributed by atoms with E-state index in [-0.39, 0.29) is 36.3 Å². The van der Waals surface area contributed by atoms with Crippen molar-refractivity contribution in [3.63, 3.8) is 0 Å². The predicted octanol–water partition coefficient (Wildman–Crippen LogP) is 0.0988. The van der Waals surface area contributed by atoms with E-state index in [1.165, 1.54) is 21.3 Å². The Kier molecular flexibility index (Phi) is 6.80. The van der Waals surface area contributed by atoms with Crippen LogP contribution in [0.15, 0.2) is 35.6 Å². The van der Waals surface area contributed by atoms with Gasteiger partial charge < -0.3 is 20.8 Å². The third-order valence-corrected chi connectivity index (χ3v) is 6.95. The largest absolute Gasteiger partial charge is 0.421 e. The highest BCUT2D eigenvalue weighted by molar-refractivity contribution is 7.89. The second-order valence-corrected chi connectivity index (χ2v) is 9.25. The number of sulfonamides is 1. The highest BCUT2D eigenvalue weighted by atomic mass is 32.2. The summed E-state index contributed by atoms with van der Waals surface area (Å²) in [5.41, 5.74) is 1.82. The number of nitrogens with two attached hydrogens (primary N) is 1. The molecule has 33 heavy (non-hydrogen) atoms. The summed E-state index contributed by atoms with van der Waals surface area (Å²) in [4.78, 5) is 13.1. The van der Waals surface area contributed by atoms with Gasteiger partial charge in [-0.25, -0.2) is 23.4 Å². The number of hydrogen-bond donors (Lipinski definition) is 3. The van der Waals surface area contributed by atoms with Gasteiger partial charge in [0.1, 0.15) is 23.4 Å².